The van der Waals surface area contributed by atoms with Crippen LogP contribution >= 0.6 is 11.3 Å². The molecule has 158 valence electrons. The molecule has 6 nitrogen and oxygen atoms in total. The zero-order chi connectivity index (χ0) is 21.6. The highest BCUT2D eigenvalue weighted by atomic mass is 32.1. The normalized spacial score (nSPS) is 18.7. The molecule has 2 rings (SSSR count). The number of anilines is 1. The molecule has 7 heteroatoms. The van der Waals surface area contributed by atoms with Gasteiger partial charge >= 0.3 is 11.9 Å². The molecular formula is C22H29NO5S. The van der Waals surface area contributed by atoms with E-state index in [0.717, 1.165) is 37.0 Å². The number of ether oxygens (including phenoxy) is 1. The second kappa shape index (κ2) is 10.4. The smallest absolute Gasteiger partial charge is 0.348 e. The summed E-state index contributed by atoms with van der Waals surface area (Å²) < 4.78 is 5.03. The van der Waals surface area contributed by atoms with Crippen molar-refractivity contribution in [2.75, 3.05) is 18.1 Å². The quantitative estimate of drug-likeness (QED) is 0.552. The molecule has 1 heterocycles. The lowest BCUT2D eigenvalue weighted by atomic mass is 9.82. The molecule has 1 N–H and O–H groups in total. The highest BCUT2D eigenvalue weighted by Gasteiger charge is 2.32. The summed E-state index contributed by atoms with van der Waals surface area (Å²) in [4.78, 5) is 38.5. The Morgan fingerprint density at radius 1 is 1.28 bits per heavy atom. The first-order chi connectivity index (χ1) is 13.7. The Bertz CT molecular complexity index is 809. The van der Waals surface area contributed by atoms with Crippen LogP contribution in [-0.2, 0) is 14.3 Å². The van der Waals surface area contributed by atoms with E-state index in [4.69, 9.17) is 4.74 Å². The number of esters is 1. The van der Waals surface area contributed by atoms with E-state index in [0.29, 0.717) is 16.5 Å². The van der Waals surface area contributed by atoms with Crippen LogP contribution in [0.2, 0.25) is 0 Å². The van der Waals surface area contributed by atoms with Gasteiger partial charge in [-0.1, -0.05) is 32.6 Å². The number of aromatic carboxylic acids is 1. The summed E-state index contributed by atoms with van der Waals surface area (Å²) in [6.45, 7) is 7.55. The van der Waals surface area contributed by atoms with Crippen LogP contribution in [-0.4, -0.2) is 36.1 Å². The number of carbonyl (C=O) groups is 3. The second-order valence-electron chi connectivity index (χ2n) is 7.84. The van der Waals surface area contributed by atoms with Crippen LogP contribution in [0.25, 0.3) is 0 Å². The van der Waals surface area contributed by atoms with Crippen LogP contribution in [0.4, 0.5) is 5.69 Å². The molecule has 1 aromatic heterocycles. The lowest BCUT2D eigenvalue weighted by molar-refractivity contribution is -0.141. The van der Waals surface area contributed by atoms with E-state index >= 15 is 0 Å². The van der Waals surface area contributed by atoms with E-state index < -0.39 is 11.9 Å². The number of carbonyl (C=O) groups excluding carboxylic acids is 2. The van der Waals surface area contributed by atoms with E-state index in [1.54, 1.807) is 6.07 Å². The van der Waals surface area contributed by atoms with Crippen molar-refractivity contribution < 1.29 is 24.2 Å². The highest BCUT2D eigenvalue weighted by molar-refractivity contribution is 7.15. The third-order valence-electron chi connectivity index (χ3n) is 4.93. The maximum absolute atomic E-state index is 13.3. The highest BCUT2D eigenvalue weighted by Crippen LogP contribution is 2.35. The van der Waals surface area contributed by atoms with Gasteiger partial charge in [-0.2, -0.15) is 0 Å². The summed E-state index contributed by atoms with van der Waals surface area (Å²) in [6, 6.07) is 1.67. The van der Waals surface area contributed by atoms with Gasteiger partial charge in [0.15, 0.2) is 0 Å². The molecular weight excluding hydrogens is 390 g/mol. The third-order valence-corrected chi connectivity index (χ3v) is 5.96. The zero-order valence-corrected chi connectivity index (χ0v) is 18.3. The summed E-state index contributed by atoms with van der Waals surface area (Å²) >= 11 is 1.07. The number of amides is 1. The van der Waals surface area contributed by atoms with Crippen LogP contribution in [0, 0.1) is 29.6 Å². The molecule has 1 fully saturated rings. The van der Waals surface area contributed by atoms with Crippen molar-refractivity contribution in [3.05, 3.63) is 15.8 Å². The van der Waals surface area contributed by atoms with Crippen molar-refractivity contribution in [3.8, 4) is 11.8 Å². The maximum atomic E-state index is 13.3. The fraction of sp³-hybridized carbons (Fsp3) is 0.591. The minimum atomic E-state index is -1.09. The van der Waals surface area contributed by atoms with Gasteiger partial charge in [-0.25, -0.2) is 4.79 Å². The molecule has 0 aliphatic heterocycles. The first-order valence-corrected chi connectivity index (χ1v) is 10.8. The van der Waals surface area contributed by atoms with Gasteiger partial charge in [-0.3, -0.25) is 9.59 Å². The molecule has 1 amide bonds. The Kier molecular flexibility index (Phi) is 8.27. The molecule has 1 aliphatic carbocycles. The summed E-state index contributed by atoms with van der Waals surface area (Å²) in [5.41, 5.74) is 0.339. The van der Waals surface area contributed by atoms with Gasteiger partial charge in [-0.15, -0.1) is 11.3 Å². The molecule has 0 aromatic carbocycles. The molecule has 0 spiro atoms. The Morgan fingerprint density at radius 2 is 1.93 bits per heavy atom. The Labute approximate surface area is 176 Å². The maximum Gasteiger partial charge on any atom is 0.348 e. The molecule has 0 unspecified atom stereocenters. The number of hydrogen-bond donors (Lipinski definition) is 1. The van der Waals surface area contributed by atoms with Gasteiger partial charge in [0, 0.05) is 18.8 Å². The average molecular weight is 420 g/mol. The van der Waals surface area contributed by atoms with E-state index in [9.17, 15) is 19.5 Å². The first kappa shape index (κ1) is 23.0. The monoisotopic (exact) mass is 419 g/mol. The zero-order valence-electron chi connectivity index (χ0n) is 17.5. The number of hydrogen-bond acceptors (Lipinski definition) is 5. The molecule has 0 bridgehead atoms. The van der Waals surface area contributed by atoms with E-state index in [1.165, 1.54) is 11.8 Å². The summed E-state index contributed by atoms with van der Waals surface area (Å²) in [7, 11) is 0. The summed E-state index contributed by atoms with van der Waals surface area (Å²) in [6.07, 6.45) is 3.54. The van der Waals surface area contributed by atoms with Crippen molar-refractivity contribution in [3.63, 3.8) is 0 Å². The number of nitrogens with zero attached hydrogens (tertiary/aromatic N) is 1. The van der Waals surface area contributed by atoms with Crippen molar-refractivity contribution >= 4 is 34.9 Å². The van der Waals surface area contributed by atoms with Crippen molar-refractivity contribution in [2.45, 2.75) is 53.4 Å². The minimum absolute atomic E-state index is 0.0199. The van der Waals surface area contributed by atoms with Crippen LogP contribution in [0.15, 0.2) is 6.07 Å². The summed E-state index contributed by atoms with van der Waals surface area (Å²) in [5.74, 6) is 5.00. The molecule has 0 radical (unpaired) electrons. The summed E-state index contributed by atoms with van der Waals surface area (Å²) in [5, 5.41) is 9.68. The lowest BCUT2D eigenvalue weighted by Crippen LogP contribution is -2.40. The van der Waals surface area contributed by atoms with Crippen LogP contribution in [0.5, 0.6) is 0 Å². The molecule has 1 aliphatic rings. The number of carboxylic acid groups (broad SMARTS) is 1. The van der Waals surface area contributed by atoms with Gasteiger partial charge < -0.3 is 14.7 Å². The van der Waals surface area contributed by atoms with E-state index in [-0.39, 0.29) is 35.8 Å². The van der Waals surface area contributed by atoms with E-state index in [1.807, 2.05) is 13.8 Å². The standard InChI is InChI=1S/C22H29NO5S/c1-14(2)5-10-18-13-19(20(29-18)22(26)27)23(11-12-28-16(4)24)21(25)17-8-6-15(3)7-9-17/h13-15,17H,6-9,11-12H2,1-4H3,(H,26,27). The van der Waals surface area contributed by atoms with Gasteiger partial charge in [0.05, 0.1) is 17.1 Å². The fourth-order valence-electron chi connectivity index (χ4n) is 3.37. The molecule has 0 atom stereocenters. The molecule has 1 aromatic rings. The van der Waals surface area contributed by atoms with Gasteiger partial charge in [0.2, 0.25) is 5.91 Å². The van der Waals surface area contributed by atoms with Crippen LogP contribution in [0.1, 0.15) is 67.9 Å². The topological polar surface area (TPSA) is 83.9 Å². The fourth-order valence-corrected chi connectivity index (χ4v) is 4.23. The van der Waals surface area contributed by atoms with E-state index in [2.05, 4.69) is 18.8 Å². The van der Waals surface area contributed by atoms with Crippen LogP contribution in [0.3, 0.4) is 0 Å². The first-order valence-electron chi connectivity index (χ1n) is 10.0. The van der Waals surface area contributed by atoms with Crippen molar-refractivity contribution in [2.24, 2.45) is 17.8 Å². The SMILES string of the molecule is CC(=O)OCCN(C(=O)C1CCC(C)CC1)c1cc(C#CC(C)C)sc1C(=O)O. The predicted molar refractivity (Wildman–Crippen MR) is 113 cm³/mol. The Hall–Kier alpha value is -2.33. The van der Waals surface area contributed by atoms with Crippen molar-refractivity contribution in [1.29, 1.82) is 0 Å². The van der Waals surface area contributed by atoms with Crippen molar-refractivity contribution in [1.82, 2.24) is 0 Å². The molecule has 0 saturated heterocycles. The van der Waals surface area contributed by atoms with Gasteiger partial charge in [0.25, 0.3) is 0 Å². The molecule has 1 saturated carbocycles. The number of rotatable bonds is 6. The lowest BCUT2D eigenvalue weighted by Gasteiger charge is -2.31. The molecule has 29 heavy (non-hydrogen) atoms. The predicted octanol–water partition coefficient (Wildman–Crippen LogP) is 4.18. The largest absolute Gasteiger partial charge is 0.477 e. The third kappa shape index (κ3) is 6.60. The van der Waals surface area contributed by atoms with Gasteiger partial charge in [-0.05, 0) is 37.7 Å². The number of carboxylic acids is 1. The van der Waals surface area contributed by atoms with Gasteiger partial charge in [0.1, 0.15) is 11.5 Å². The second-order valence-corrected chi connectivity index (χ2v) is 8.89. The minimum Gasteiger partial charge on any atom is -0.477 e. The number of thiophene rings is 1. The van der Waals surface area contributed by atoms with Crippen LogP contribution < -0.4 is 4.90 Å². The Morgan fingerprint density at radius 3 is 2.48 bits per heavy atom. The Balaban J connectivity index is 2.36. The average Bonchev–Trinajstić information content (AvgIpc) is 3.08.